The Morgan fingerprint density at radius 2 is 1.70 bits per heavy atom. The number of rotatable bonds is 7. The third-order valence-corrected chi connectivity index (χ3v) is 5.23. The van der Waals surface area contributed by atoms with Gasteiger partial charge in [0.05, 0.1) is 20.6 Å². The second-order valence-electron chi connectivity index (χ2n) is 6.01. The Bertz CT molecular complexity index is 895. The number of hydrogen-bond donors (Lipinski definition) is 3. The minimum absolute atomic E-state index is 0.0339. The average Bonchev–Trinajstić information content (AvgIpc) is 2.68. The molecule has 0 aliphatic carbocycles. The van der Waals surface area contributed by atoms with E-state index in [1.807, 2.05) is 24.3 Å². The molecule has 3 N–H and O–H groups in total. The number of halogens is 4. The normalized spacial score (nSPS) is 11.9. The summed E-state index contributed by atoms with van der Waals surface area (Å²) in [6, 6.07) is 12.5. The molecule has 0 radical (unpaired) electrons. The first-order valence-electron chi connectivity index (χ1n) is 8.52. The number of methoxy groups -OCH3 is 2. The summed E-state index contributed by atoms with van der Waals surface area (Å²) in [7, 11) is 3.05. The number of alkyl halides is 3. The van der Waals surface area contributed by atoms with Crippen LogP contribution in [-0.4, -0.2) is 35.2 Å². The maximum Gasteiger partial charge on any atom is 0.228 e. The zero-order valence-corrected chi connectivity index (χ0v) is 20.6. The van der Waals surface area contributed by atoms with E-state index in [2.05, 4.69) is 31.9 Å². The second kappa shape index (κ2) is 11.2. The van der Waals surface area contributed by atoms with Gasteiger partial charge in [-0.2, -0.15) is 0 Å². The summed E-state index contributed by atoms with van der Waals surface area (Å²) >= 11 is 26.7. The Morgan fingerprint density at radius 1 is 1.07 bits per heavy atom. The highest BCUT2D eigenvalue weighted by atomic mass is 79.9. The van der Waals surface area contributed by atoms with Crippen LogP contribution in [0.1, 0.15) is 5.56 Å². The van der Waals surface area contributed by atoms with E-state index in [9.17, 15) is 4.79 Å². The van der Waals surface area contributed by atoms with E-state index in [0.717, 1.165) is 10.2 Å². The van der Waals surface area contributed by atoms with Crippen LogP contribution in [0.4, 0.5) is 5.69 Å². The molecule has 2 rings (SSSR count). The van der Waals surface area contributed by atoms with Gasteiger partial charge in [0, 0.05) is 10.2 Å². The van der Waals surface area contributed by atoms with Gasteiger partial charge in [0.1, 0.15) is 6.17 Å². The summed E-state index contributed by atoms with van der Waals surface area (Å²) in [6.45, 7) is 0. The number of anilines is 1. The molecular weight excluding hydrogens is 537 g/mol. The van der Waals surface area contributed by atoms with Crippen LogP contribution in [-0.2, 0) is 11.2 Å². The highest BCUT2D eigenvalue weighted by Gasteiger charge is 2.34. The number of amides is 1. The monoisotopic (exact) mass is 553 g/mol. The van der Waals surface area contributed by atoms with Crippen LogP contribution in [0.25, 0.3) is 0 Å². The van der Waals surface area contributed by atoms with E-state index in [4.69, 9.17) is 56.5 Å². The fourth-order valence-corrected chi connectivity index (χ4v) is 3.25. The molecule has 2 aromatic carbocycles. The summed E-state index contributed by atoms with van der Waals surface area (Å²) in [5, 5.41) is 8.60. The van der Waals surface area contributed by atoms with Gasteiger partial charge in [-0.05, 0) is 54.2 Å². The first kappa shape index (κ1) is 24.8. The van der Waals surface area contributed by atoms with Crippen LogP contribution < -0.4 is 25.4 Å². The van der Waals surface area contributed by atoms with Crippen LogP contribution >= 0.6 is 63.0 Å². The van der Waals surface area contributed by atoms with Crippen LogP contribution in [0.5, 0.6) is 11.5 Å². The third kappa shape index (κ3) is 7.67. The number of thiocarbonyl (C=S) groups is 1. The van der Waals surface area contributed by atoms with E-state index in [0.29, 0.717) is 17.1 Å². The third-order valence-electron chi connectivity index (χ3n) is 3.82. The molecule has 0 aromatic heterocycles. The lowest BCUT2D eigenvalue weighted by Gasteiger charge is -2.28. The maximum absolute atomic E-state index is 12.5. The first-order valence-corrected chi connectivity index (χ1v) is 10.9. The number of ether oxygens (including phenoxy) is 2. The van der Waals surface area contributed by atoms with Crippen molar-refractivity contribution in [2.75, 3.05) is 19.5 Å². The van der Waals surface area contributed by atoms with Crippen LogP contribution in [0.3, 0.4) is 0 Å². The summed E-state index contributed by atoms with van der Waals surface area (Å²) in [6.07, 6.45) is -1.03. The Kier molecular flexibility index (Phi) is 9.31. The molecule has 11 heteroatoms. The molecule has 0 aliphatic heterocycles. The topological polar surface area (TPSA) is 71.6 Å². The first-order chi connectivity index (χ1) is 14.1. The zero-order valence-electron chi connectivity index (χ0n) is 16.0. The molecule has 6 nitrogen and oxygen atoms in total. The van der Waals surface area contributed by atoms with E-state index in [-0.39, 0.29) is 17.4 Å². The van der Waals surface area contributed by atoms with Crippen LogP contribution in [0.15, 0.2) is 46.9 Å². The van der Waals surface area contributed by atoms with E-state index >= 15 is 0 Å². The Hall–Kier alpha value is -1.45. The molecule has 0 fully saturated rings. The predicted octanol–water partition coefficient (Wildman–Crippen LogP) is 4.81. The van der Waals surface area contributed by atoms with Gasteiger partial charge in [0.2, 0.25) is 9.70 Å². The van der Waals surface area contributed by atoms with Crippen molar-refractivity contribution in [2.45, 2.75) is 16.4 Å². The number of carbonyl (C=O) groups is 1. The molecule has 0 bridgehead atoms. The summed E-state index contributed by atoms with van der Waals surface area (Å²) in [5.41, 5.74) is 1.43. The molecule has 1 atom stereocenters. The van der Waals surface area contributed by atoms with Gasteiger partial charge in [-0.1, -0.05) is 56.8 Å². The molecule has 0 spiro atoms. The summed E-state index contributed by atoms with van der Waals surface area (Å²) in [4.78, 5) is 12.5. The molecule has 0 aliphatic rings. The molecule has 0 heterocycles. The number of nitrogens with one attached hydrogen (secondary N) is 3. The fraction of sp³-hybridized carbons (Fsp3) is 0.263. The Balaban J connectivity index is 2.02. The van der Waals surface area contributed by atoms with Gasteiger partial charge in [-0.15, -0.1) is 0 Å². The minimum Gasteiger partial charge on any atom is -0.493 e. The molecular formula is C19H19BrCl3N3O3S. The predicted molar refractivity (Wildman–Crippen MR) is 129 cm³/mol. The quantitative estimate of drug-likeness (QED) is 0.259. The minimum atomic E-state index is -1.85. The SMILES string of the molecule is COc1ccc(CC(=O)N[C@H](NC(=S)Nc2ccc(Br)cc2)C(Cl)(Cl)Cl)cc1OC. The van der Waals surface area contributed by atoms with Crippen molar-refractivity contribution < 1.29 is 14.3 Å². The van der Waals surface area contributed by atoms with Crippen molar-refractivity contribution >= 4 is 79.7 Å². The summed E-state index contributed by atoms with van der Waals surface area (Å²) < 4.78 is 9.52. The number of hydrogen-bond acceptors (Lipinski definition) is 4. The van der Waals surface area contributed by atoms with Crippen molar-refractivity contribution in [1.82, 2.24) is 10.6 Å². The van der Waals surface area contributed by atoms with Crippen molar-refractivity contribution in [1.29, 1.82) is 0 Å². The lowest BCUT2D eigenvalue weighted by molar-refractivity contribution is -0.121. The highest BCUT2D eigenvalue weighted by Crippen LogP contribution is 2.30. The van der Waals surface area contributed by atoms with Gasteiger partial charge >= 0.3 is 0 Å². The number of carbonyl (C=O) groups excluding carboxylic acids is 1. The highest BCUT2D eigenvalue weighted by molar-refractivity contribution is 9.10. The average molecular weight is 556 g/mol. The Morgan fingerprint density at radius 3 is 2.27 bits per heavy atom. The van der Waals surface area contributed by atoms with Gasteiger partial charge in [-0.25, -0.2) is 0 Å². The van der Waals surface area contributed by atoms with Crippen molar-refractivity contribution in [3.05, 3.63) is 52.5 Å². The second-order valence-corrected chi connectivity index (χ2v) is 9.71. The standard InChI is InChI=1S/C19H19BrCl3N3O3S/c1-28-14-8-3-11(9-15(14)29-2)10-16(27)25-17(19(21,22)23)26-18(30)24-13-6-4-12(20)5-7-13/h3-9,17H,10H2,1-2H3,(H,25,27)(H2,24,26,30)/t17-/m1/s1. The number of benzene rings is 2. The lowest BCUT2D eigenvalue weighted by atomic mass is 10.1. The van der Waals surface area contributed by atoms with Crippen molar-refractivity contribution in [3.8, 4) is 11.5 Å². The molecule has 30 heavy (non-hydrogen) atoms. The zero-order chi connectivity index (χ0) is 22.3. The largest absolute Gasteiger partial charge is 0.493 e. The molecule has 1 amide bonds. The van der Waals surface area contributed by atoms with Crippen molar-refractivity contribution in [2.24, 2.45) is 0 Å². The fourth-order valence-electron chi connectivity index (χ4n) is 2.42. The van der Waals surface area contributed by atoms with Crippen LogP contribution in [0.2, 0.25) is 0 Å². The van der Waals surface area contributed by atoms with Gasteiger partial charge < -0.3 is 25.4 Å². The Labute approximate surface area is 203 Å². The molecule has 0 saturated carbocycles. The van der Waals surface area contributed by atoms with E-state index in [1.54, 1.807) is 18.2 Å². The molecule has 0 saturated heterocycles. The van der Waals surface area contributed by atoms with E-state index in [1.165, 1.54) is 14.2 Å². The maximum atomic E-state index is 12.5. The van der Waals surface area contributed by atoms with Crippen LogP contribution in [0, 0.1) is 0 Å². The molecule has 0 unspecified atom stereocenters. The smallest absolute Gasteiger partial charge is 0.228 e. The van der Waals surface area contributed by atoms with Gasteiger partial charge in [0.15, 0.2) is 16.6 Å². The summed E-state index contributed by atoms with van der Waals surface area (Å²) in [5.74, 6) is 0.697. The van der Waals surface area contributed by atoms with E-state index < -0.39 is 9.96 Å². The molecule has 162 valence electrons. The molecule has 2 aromatic rings. The van der Waals surface area contributed by atoms with Gasteiger partial charge in [-0.3, -0.25) is 4.79 Å². The lowest BCUT2D eigenvalue weighted by Crippen LogP contribution is -2.56. The van der Waals surface area contributed by atoms with Gasteiger partial charge in [0.25, 0.3) is 0 Å². The van der Waals surface area contributed by atoms with Crippen molar-refractivity contribution in [3.63, 3.8) is 0 Å².